The molecule has 0 aromatic carbocycles. The van der Waals surface area contributed by atoms with Crippen molar-refractivity contribution in [3.8, 4) is 11.3 Å². The average Bonchev–Trinajstić information content (AvgIpc) is 3.52. The summed E-state index contributed by atoms with van der Waals surface area (Å²) in [5.74, 6) is 1.81. The Kier molecular flexibility index (Phi) is 5.51. The Morgan fingerprint density at radius 1 is 1.19 bits per heavy atom. The van der Waals surface area contributed by atoms with E-state index in [1.807, 2.05) is 35.6 Å². The van der Waals surface area contributed by atoms with Crippen LogP contribution >= 0.6 is 0 Å². The number of pyridine rings is 1. The molecule has 2 aliphatic heterocycles. The lowest BCUT2D eigenvalue weighted by atomic mass is 9.96. The highest BCUT2D eigenvalue weighted by Gasteiger charge is 2.34. The minimum atomic E-state index is -0.209. The number of hydrogen-bond acceptors (Lipinski definition) is 6. The first kappa shape index (κ1) is 21.2. The summed E-state index contributed by atoms with van der Waals surface area (Å²) in [6, 6.07) is 3.99. The first-order valence-electron chi connectivity index (χ1n) is 11.4. The lowest BCUT2D eigenvalue weighted by molar-refractivity contribution is -0.0969. The molecule has 8 nitrogen and oxygen atoms in total. The van der Waals surface area contributed by atoms with E-state index in [0.717, 1.165) is 53.2 Å². The molecule has 5 heterocycles. The summed E-state index contributed by atoms with van der Waals surface area (Å²) in [5, 5.41) is 5.32. The molecule has 2 saturated heterocycles. The topological polar surface area (TPSA) is 82.6 Å². The molecule has 0 radical (unpaired) electrons. The minimum absolute atomic E-state index is 0.00234. The standard InChI is InChI=1S/C24H30N4O4/c1-14(2)28-22-20(12-25-28)19(11-21(26-22)18-10-15(3)32-16(18)4)23(29)27-7-5-6-17(13-27)24-30-8-9-31-24/h10-12,14,17,24H,5-9,13H2,1-4H3. The molecule has 1 amide bonds. The SMILES string of the molecule is Cc1cc(-c2cc(C(=O)N3CCCC(C4OCCO4)C3)c3cnn(C(C)C)c3n2)c(C)o1. The van der Waals surface area contributed by atoms with Crippen LogP contribution in [0, 0.1) is 19.8 Å². The van der Waals surface area contributed by atoms with Gasteiger partial charge in [-0.2, -0.15) is 5.10 Å². The minimum Gasteiger partial charge on any atom is -0.466 e. The van der Waals surface area contributed by atoms with Crippen LogP contribution in [0.1, 0.15) is 54.6 Å². The van der Waals surface area contributed by atoms with Gasteiger partial charge in [-0.15, -0.1) is 0 Å². The van der Waals surface area contributed by atoms with E-state index in [2.05, 4.69) is 18.9 Å². The molecule has 32 heavy (non-hydrogen) atoms. The van der Waals surface area contributed by atoms with Gasteiger partial charge in [0.2, 0.25) is 0 Å². The fourth-order valence-corrected chi connectivity index (χ4v) is 4.83. The molecular weight excluding hydrogens is 408 g/mol. The Bertz CT molecular complexity index is 1140. The number of aromatic nitrogens is 3. The fraction of sp³-hybridized carbons (Fsp3) is 0.542. The van der Waals surface area contributed by atoms with Crippen LogP contribution in [-0.2, 0) is 9.47 Å². The summed E-state index contributed by atoms with van der Waals surface area (Å²) in [5.41, 5.74) is 2.98. The van der Waals surface area contributed by atoms with Crippen LogP contribution in [0.25, 0.3) is 22.3 Å². The van der Waals surface area contributed by atoms with Gasteiger partial charge in [-0.25, -0.2) is 9.67 Å². The van der Waals surface area contributed by atoms with Crippen LogP contribution in [0.2, 0.25) is 0 Å². The molecule has 170 valence electrons. The number of rotatable bonds is 4. The van der Waals surface area contributed by atoms with E-state index in [1.165, 1.54) is 0 Å². The summed E-state index contributed by atoms with van der Waals surface area (Å²) in [7, 11) is 0. The smallest absolute Gasteiger partial charge is 0.254 e. The molecule has 0 spiro atoms. The van der Waals surface area contributed by atoms with Crippen molar-refractivity contribution in [3.05, 3.63) is 35.4 Å². The van der Waals surface area contributed by atoms with Crippen molar-refractivity contribution < 1.29 is 18.7 Å². The van der Waals surface area contributed by atoms with E-state index in [-0.39, 0.29) is 24.2 Å². The second-order valence-electron chi connectivity index (χ2n) is 9.07. The predicted octanol–water partition coefficient (Wildman–Crippen LogP) is 4.11. The highest BCUT2D eigenvalue weighted by atomic mass is 16.7. The van der Waals surface area contributed by atoms with E-state index in [0.29, 0.717) is 25.3 Å². The number of ether oxygens (including phenoxy) is 2. The zero-order valence-electron chi connectivity index (χ0n) is 19.1. The fourth-order valence-electron chi connectivity index (χ4n) is 4.83. The van der Waals surface area contributed by atoms with Crippen LogP contribution in [0.3, 0.4) is 0 Å². The third-order valence-corrected chi connectivity index (χ3v) is 6.38. The third kappa shape index (κ3) is 3.71. The van der Waals surface area contributed by atoms with E-state index in [1.54, 1.807) is 6.20 Å². The molecule has 1 unspecified atom stereocenters. The highest BCUT2D eigenvalue weighted by Crippen LogP contribution is 2.32. The van der Waals surface area contributed by atoms with Gasteiger partial charge in [-0.05, 0) is 52.7 Å². The monoisotopic (exact) mass is 438 g/mol. The van der Waals surface area contributed by atoms with E-state index in [4.69, 9.17) is 18.9 Å². The zero-order valence-corrected chi connectivity index (χ0v) is 19.1. The van der Waals surface area contributed by atoms with Gasteiger partial charge in [-0.1, -0.05) is 0 Å². The van der Waals surface area contributed by atoms with E-state index < -0.39 is 0 Å². The van der Waals surface area contributed by atoms with Gasteiger partial charge in [0.05, 0.1) is 36.1 Å². The molecule has 0 aliphatic carbocycles. The number of hydrogen-bond donors (Lipinski definition) is 0. The number of piperidine rings is 1. The van der Waals surface area contributed by atoms with Gasteiger partial charge in [0.25, 0.3) is 5.91 Å². The van der Waals surface area contributed by atoms with Gasteiger partial charge in [0.1, 0.15) is 11.5 Å². The van der Waals surface area contributed by atoms with Gasteiger partial charge in [0.15, 0.2) is 11.9 Å². The largest absolute Gasteiger partial charge is 0.466 e. The summed E-state index contributed by atoms with van der Waals surface area (Å²) >= 11 is 0. The normalized spacial score (nSPS) is 20.0. The molecule has 0 bridgehead atoms. The van der Waals surface area contributed by atoms with E-state index in [9.17, 15) is 4.79 Å². The number of carbonyl (C=O) groups excluding carboxylic acids is 1. The number of amides is 1. The molecule has 5 rings (SSSR count). The Balaban J connectivity index is 1.56. The molecule has 2 fully saturated rings. The number of nitrogens with zero attached hydrogens (tertiary/aromatic N) is 4. The second-order valence-corrected chi connectivity index (χ2v) is 9.07. The van der Waals surface area contributed by atoms with Crippen molar-refractivity contribution in [2.45, 2.75) is 52.9 Å². The Morgan fingerprint density at radius 2 is 1.97 bits per heavy atom. The molecule has 1 atom stereocenters. The molecule has 2 aliphatic rings. The molecular formula is C24H30N4O4. The Labute approximate surface area is 187 Å². The first-order valence-corrected chi connectivity index (χ1v) is 11.4. The van der Waals surface area contributed by atoms with Crippen molar-refractivity contribution in [1.82, 2.24) is 19.7 Å². The molecule has 0 saturated carbocycles. The predicted molar refractivity (Wildman–Crippen MR) is 119 cm³/mol. The van der Waals surface area contributed by atoms with Crippen LogP contribution in [-0.4, -0.2) is 58.2 Å². The number of carbonyl (C=O) groups is 1. The van der Waals surface area contributed by atoms with Crippen LogP contribution in [0.4, 0.5) is 0 Å². The number of fused-ring (bicyclic) bond motifs is 1. The summed E-state index contributed by atoms with van der Waals surface area (Å²) in [6.45, 7) is 10.6. The van der Waals surface area contributed by atoms with Crippen molar-refractivity contribution in [1.29, 1.82) is 0 Å². The zero-order chi connectivity index (χ0) is 22.4. The highest BCUT2D eigenvalue weighted by molar-refractivity contribution is 6.06. The maximum absolute atomic E-state index is 13.8. The maximum Gasteiger partial charge on any atom is 0.254 e. The first-order chi connectivity index (χ1) is 15.4. The summed E-state index contributed by atoms with van der Waals surface area (Å²) in [4.78, 5) is 20.6. The Morgan fingerprint density at radius 3 is 2.66 bits per heavy atom. The molecule has 0 N–H and O–H groups in total. The molecule has 3 aromatic heterocycles. The molecule has 8 heteroatoms. The summed E-state index contributed by atoms with van der Waals surface area (Å²) in [6.07, 6.45) is 3.49. The Hall–Kier alpha value is -2.71. The third-order valence-electron chi connectivity index (χ3n) is 6.38. The van der Waals surface area contributed by atoms with Crippen LogP contribution < -0.4 is 0 Å². The van der Waals surface area contributed by atoms with Crippen LogP contribution in [0.15, 0.2) is 22.7 Å². The van der Waals surface area contributed by atoms with Gasteiger partial charge < -0.3 is 18.8 Å². The number of furan rings is 1. The van der Waals surface area contributed by atoms with Gasteiger partial charge in [0, 0.05) is 30.6 Å². The van der Waals surface area contributed by atoms with Gasteiger partial charge in [-0.3, -0.25) is 4.79 Å². The van der Waals surface area contributed by atoms with Crippen molar-refractivity contribution >= 4 is 16.9 Å². The second kappa shape index (κ2) is 8.33. The lowest BCUT2D eigenvalue weighted by Gasteiger charge is -2.34. The quantitative estimate of drug-likeness (QED) is 0.610. The number of likely N-dealkylation sites (tertiary alicyclic amines) is 1. The summed E-state index contributed by atoms with van der Waals surface area (Å²) < 4.78 is 19.1. The van der Waals surface area contributed by atoms with Crippen LogP contribution in [0.5, 0.6) is 0 Å². The number of aryl methyl sites for hydroxylation is 2. The van der Waals surface area contributed by atoms with E-state index >= 15 is 0 Å². The maximum atomic E-state index is 13.8. The lowest BCUT2D eigenvalue weighted by Crippen LogP contribution is -2.43. The molecule has 3 aromatic rings. The van der Waals surface area contributed by atoms with Crippen molar-refractivity contribution in [2.24, 2.45) is 5.92 Å². The van der Waals surface area contributed by atoms with Gasteiger partial charge >= 0.3 is 0 Å². The van der Waals surface area contributed by atoms with Crippen molar-refractivity contribution in [3.63, 3.8) is 0 Å². The average molecular weight is 439 g/mol. The van der Waals surface area contributed by atoms with Crippen molar-refractivity contribution in [2.75, 3.05) is 26.3 Å².